The molecule has 2 N–H and O–H groups in total. The summed E-state index contributed by atoms with van der Waals surface area (Å²) in [7, 11) is 0. The average Bonchev–Trinajstić information content (AvgIpc) is 3.28. The molecule has 0 spiro atoms. The van der Waals surface area contributed by atoms with Crippen LogP contribution in [0.2, 0.25) is 0 Å². The van der Waals surface area contributed by atoms with Gasteiger partial charge in [0.05, 0.1) is 11.5 Å². The summed E-state index contributed by atoms with van der Waals surface area (Å²) < 4.78 is 2.11. The summed E-state index contributed by atoms with van der Waals surface area (Å²) in [4.78, 5) is 26.2. The van der Waals surface area contributed by atoms with E-state index in [-0.39, 0.29) is 17.7 Å². The van der Waals surface area contributed by atoms with Gasteiger partial charge in [0.25, 0.3) is 5.91 Å². The molecular formula is C21H21N3O2. The van der Waals surface area contributed by atoms with Gasteiger partial charge in [0.2, 0.25) is 5.91 Å². The van der Waals surface area contributed by atoms with E-state index in [0.717, 1.165) is 10.9 Å². The van der Waals surface area contributed by atoms with Gasteiger partial charge in [-0.3, -0.25) is 9.59 Å². The van der Waals surface area contributed by atoms with Crippen molar-refractivity contribution in [2.75, 3.05) is 13.1 Å². The summed E-state index contributed by atoms with van der Waals surface area (Å²) in [6, 6.07) is 18.1. The van der Waals surface area contributed by atoms with Gasteiger partial charge in [-0.05, 0) is 18.1 Å². The van der Waals surface area contributed by atoms with Crippen LogP contribution in [0.4, 0.5) is 0 Å². The van der Waals surface area contributed by atoms with Crippen molar-refractivity contribution in [1.29, 1.82) is 0 Å². The number of para-hydroxylation sites is 1. The highest BCUT2D eigenvalue weighted by Crippen LogP contribution is 2.26. The lowest BCUT2D eigenvalue weighted by Gasteiger charge is -2.15. The summed E-state index contributed by atoms with van der Waals surface area (Å²) in [5.74, 6) is -0.597. The Hall–Kier alpha value is -3.08. The number of carbonyl (C=O) groups is 2. The Morgan fingerprint density at radius 2 is 1.77 bits per heavy atom. The SMILES string of the molecule is NC(=O)[C@@H]1CCN(C(=O)c2cn(Cc3ccccc3)c3ccccc23)C1. The molecule has 5 nitrogen and oxygen atoms in total. The molecule has 0 bridgehead atoms. The maximum absolute atomic E-state index is 13.1. The van der Waals surface area contributed by atoms with Gasteiger partial charge in [0, 0.05) is 36.7 Å². The van der Waals surface area contributed by atoms with Crippen LogP contribution in [0.5, 0.6) is 0 Å². The fourth-order valence-corrected chi connectivity index (χ4v) is 3.68. The number of aromatic nitrogens is 1. The first kappa shape index (κ1) is 16.4. The standard InChI is InChI=1S/C21H21N3O2/c22-20(25)16-10-11-23(13-16)21(26)18-14-24(12-15-6-2-1-3-7-15)19-9-5-4-8-17(18)19/h1-9,14,16H,10-13H2,(H2,22,25)/t16-/m1/s1. The number of rotatable bonds is 4. The highest BCUT2D eigenvalue weighted by atomic mass is 16.2. The first-order valence-electron chi connectivity index (χ1n) is 8.84. The monoisotopic (exact) mass is 347 g/mol. The zero-order valence-corrected chi connectivity index (χ0v) is 14.5. The van der Waals surface area contributed by atoms with Crippen LogP contribution in [-0.4, -0.2) is 34.4 Å². The van der Waals surface area contributed by atoms with Crippen LogP contribution >= 0.6 is 0 Å². The van der Waals surface area contributed by atoms with E-state index in [1.165, 1.54) is 5.56 Å². The number of nitrogens with two attached hydrogens (primary N) is 1. The summed E-state index contributed by atoms with van der Waals surface area (Å²) >= 11 is 0. The summed E-state index contributed by atoms with van der Waals surface area (Å²) in [5.41, 5.74) is 8.30. The third kappa shape index (κ3) is 2.96. The van der Waals surface area contributed by atoms with E-state index < -0.39 is 0 Å². The summed E-state index contributed by atoms with van der Waals surface area (Å²) in [6.45, 7) is 1.69. The van der Waals surface area contributed by atoms with Crippen molar-refractivity contribution in [2.24, 2.45) is 11.7 Å². The Morgan fingerprint density at radius 3 is 2.50 bits per heavy atom. The first-order valence-corrected chi connectivity index (χ1v) is 8.84. The molecule has 132 valence electrons. The van der Waals surface area contributed by atoms with Gasteiger partial charge in [-0.2, -0.15) is 0 Å². The quantitative estimate of drug-likeness (QED) is 0.788. The predicted molar refractivity (Wildman–Crippen MR) is 101 cm³/mol. The second-order valence-corrected chi connectivity index (χ2v) is 6.81. The molecule has 1 saturated heterocycles. The number of fused-ring (bicyclic) bond motifs is 1. The van der Waals surface area contributed by atoms with E-state index in [4.69, 9.17) is 5.73 Å². The smallest absolute Gasteiger partial charge is 0.256 e. The average molecular weight is 347 g/mol. The van der Waals surface area contributed by atoms with Gasteiger partial charge >= 0.3 is 0 Å². The molecule has 0 radical (unpaired) electrons. The Labute approximate surface area is 152 Å². The molecule has 5 heteroatoms. The van der Waals surface area contributed by atoms with Crippen molar-refractivity contribution >= 4 is 22.7 Å². The Balaban J connectivity index is 1.67. The Morgan fingerprint density at radius 1 is 1.04 bits per heavy atom. The molecule has 1 aromatic heterocycles. The van der Waals surface area contributed by atoms with Crippen LogP contribution in [0.1, 0.15) is 22.3 Å². The zero-order valence-electron chi connectivity index (χ0n) is 14.5. The summed E-state index contributed by atoms with van der Waals surface area (Å²) in [6.07, 6.45) is 2.57. The second-order valence-electron chi connectivity index (χ2n) is 6.81. The minimum atomic E-state index is -0.327. The molecule has 0 saturated carbocycles. The second kappa shape index (κ2) is 6.67. The van der Waals surface area contributed by atoms with E-state index in [0.29, 0.717) is 31.6 Å². The van der Waals surface area contributed by atoms with E-state index in [2.05, 4.69) is 16.7 Å². The van der Waals surface area contributed by atoms with Crippen LogP contribution in [0.3, 0.4) is 0 Å². The molecule has 1 aliphatic rings. The molecule has 1 atom stereocenters. The number of hydrogen-bond donors (Lipinski definition) is 1. The highest BCUT2D eigenvalue weighted by Gasteiger charge is 2.31. The van der Waals surface area contributed by atoms with Gasteiger partial charge in [-0.25, -0.2) is 0 Å². The van der Waals surface area contributed by atoms with E-state index in [1.807, 2.05) is 48.7 Å². The largest absolute Gasteiger partial charge is 0.369 e. The normalized spacial score (nSPS) is 16.9. The molecule has 1 aliphatic heterocycles. The highest BCUT2D eigenvalue weighted by molar-refractivity contribution is 6.07. The maximum Gasteiger partial charge on any atom is 0.256 e. The number of nitrogens with zero attached hydrogens (tertiary/aromatic N) is 2. The molecule has 0 unspecified atom stereocenters. The fraction of sp³-hybridized carbons (Fsp3) is 0.238. The molecular weight excluding hydrogens is 326 g/mol. The Bertz CT molecular complexity index is 962. The number of carbonyl (C=O) groups excluding carboxylic acids is 2. The number of hydrogen-bond acceptors (Lipinski definition) is 2. The molecule has 2 aromatic carbocycles. The third-order valence-electron chi connectivity index (χ3n) is 5.09. The minimum absolute atomic E-state index is 0.0308. The van der Waals surface area contributed by atoms with Gasteiger partial charge in [-0.15, -0.1) is 0 Å². The number of benzene rings is 2. The van der Waals surface area contributed by atoms with Crippen LogP contribution in [0.25, 0.3) is 10.9 Å². The van der Waals surface area contributed by atoms with Crippen molar-refractivity contribution in [3.8, 4) is 0 Å². The number of likely N-dealkylation sites (tertiary alicyclic amines) is 1. The predicted octanol–water partition coefficient (Wildman–Crippen LogP) is 2.64. The molecule has 2 amide bonds. The van der Waals surface area contributed by atoms with Crippen molar-refractivity contribution in [3.63, 3.8) is 0 Å². The lowest BCUT2D eigenvalue weighted by molar-refractivity contribution is -0.121. The molecule has 4 rings (SSSR count). The third-order valence-corrected chi connectivity index (χ3v) is 5.09. The lowest BCUT2D eigenvalue weighted by Crippen LogP contribution is -2.31. The van der Waals surface area contributed by atoms with Crippen molar-refractivity contribution in [3.05, 3.63) is 71.9 Å². The minimum Gasteiger partial charge on any atom is -0.369 e. The molecule has 2 heterocycles. The summed E-state index contributed by atoms with van der Waals surface area (Å²) in [5, 5.41) is 0.941. The molecule has 26 heavy (non-hydrogen) atoms. The topological polar surface area (TPSA) is 68.3 Å². The van der Waals surface area contributed by atoms with Crippen LogP contribution < -0.4 is 5.73 Å². The van der Waals surface area contributed by atoms with Gasteiger partial charge in [0.15, 0.2) is 0 Å². The van der Waals surface area contributed by atoms with E-state index >= 15 is 0 Å². The number of primary amides is 1. The van der Waals surface area contributed by atoms with Gasteiger partial charge in [0.1, 0.15) is 0 Å². The molecule has 1 fully saturated rings. The molecule has 3 aromatic rings. The lowest BCUT2D eigenvalue weighted by atomic mass is 10.1. The van der Waals surface area contributed by atoms with E-state index in [9.17, 15) is 9.59 Å². The van der Waals surface area contributed by atoms with Crippen LogP contribution in [0.15, 0.2) is 60.8 Å². The van der Waals surface area contributed by atoms with Crippen molar-refractivity contribution in [2.45, 2.75) is 13.0 Å². The first-order chi connectivity index (χ1) is 12.6. The van der Waals surface area contributed by atoms with Gasteiger partial charge in [-0.1, -0.05) is 48.5 Å². The fourth-order valence-electron chi connectivity index (χ4n) is 3.68. The maximum atomic E-state index is 13.1. The Kier molecular flexibility index (Phi) is 4.21. The van der Waals surface area contributed by atoms with Crippen molar-refractivity contribution < 1.29 is 9.59 Å². The zero-order chi connectivity index (χ0) is 18.1. The van der Waals surface area contributed by atoms with Gasteiger partial charge < -0.3 is 15.2 Å². The van der Waals surface area contributed by atoms with Crippen LogP contribution in [0, 0.1) is 5.92 Å². The van der Waals surface area contributed by atoms with E-state index in [1.54, 1.807) is 4.90 Å². The molecule has 0 aliphatic carbocycles. The van der Waals surface area contributed by atoms with Crippen LogP contribution in [-0.2, 0) is 11.3 Å². The van der Waals surface area contributed by atoms with Crippen molar-refractivity contribution in [1.82, 2.24) is 9.47 Å². The number of amides is 2.